The van der Waals surface area contributed by atoms with Gasteiger partial charge in [-0.05, 0) is 25.8 Å². The summed E-state index contributed by atoms with van der Waals surface area (Å²) in [7, 11) is -2.83. The molecule has 2 aliphatic rings. The molecular formula is C11H17N3O3S. The van der Waals surface area contributed by atoms with Gasteiger partial charge in [0, 0.05) is 18.4 Å². The van der Waals surface area contributed by atoms with Crippen molar-refractivity contribution in [1.29, 1.82) is 0 Å². The van der Waals surface area contributed by atoms with Gasteiger partial charge in [0.2, 0.25) is 5.89 Å². The van der Waals surface area contributed by atoms with Crippen LogP contribution in [-0.2, 0) is 9.84 Å². The van der Waals surface area contributed by atoms with Crippen molar-refractivity contribution in [2.24, 2.45) is 0 Å². The fourth-order valence-electron chi connectivity index (χ4n) is 2.59. The van der Waals surface area contributed by atoms with E-state index < -0.39 is 9.84 Å². The van der Waals surface area contributed by atoms with Crippen molar-refractivity contribution in [1.82, 2.24) is 15.5 Å². The minimum absolute atomic E-state index is 0.115. The van der Waals surface area contributed by atoms with Crippen LogP contribution in [0, 0.1) is 0 Å². The van der Waals surface area contributed by atoms with Gasteiger partial charge < -0.3 is 9.84 Å². The summed E-state index contributed by atoms with van der Waals surface area (Å²) in [6.45, 7) is 1.90. The van der Waals surface area contributed by atoms with Crippen molar-refractivity contribution in [3.8, 4) is 0 Å². The van der Waals surface area contributed by atoms with Crippen molar-refractivity contribution in [3.05, 3.63) is 11.7 Å². The van der Waals surface area contributed by atoms with Crippen molar-refractivity contribution >= 4 is 9.84 Å². The van der Waals surface area contributed by atoms with Gasteiger partial charge in [0.25, 0.3) is 0 Å². The van der Waals surface area contributed by atoms with Crippen LogP contribution in [0.5, 0.6) is 0 Å². The lowest BCUT2D eigenvalue weighted by molar-refractivity contribution is 0.338. The molecule has 0 saturated carbocycles. The summed E-state index contributed by atoms with van der Waals surface area (Å²) < 4.78 is 28.0. The summed E-state index contributed by atoms with van der Waals surface area (Å²) in [6.07, 6.45) is 2.25. The molecule has 0 bridgehead atoms. The number of sulfone groups is 1. The molecule has 0 aromatic carbocycles. The summed E-state index contributed by atoms with van der Waals surface area (Å²) in [5.41, 5.74) is 0. The topological polar surface area (TPSA) is 85.1 Å². The zero-order valence-corrected chi connectivity index (χ0v) is 10.9. The fourth-order valence-corrected chi connectivity index (χ4v) is 4.08. The van der Waals surface area contributed by atoms with Gasteiger partial charge >= 0.3 is 0 Å². The minimum atomic E-state index is -2.83. The smallest absolute Gasteiger partial charge is 0.229 e. The monoisotopic (exact) mass is 271 g/mol. The van der Waals surface area contributed by atoms with E-state index in [-0.39, 0.29) is 17.4 Å². The second-order valence-electron chi connectivity index (χ2n) is 5.11. The average molecular weight is 271 g/mol. The Morgan fingerprint density at radius 1 is 1.17 bits per heavy atom. The molecule has 1 unspecified atom stereocenters. The predicted molar refractivity (Wildman–Crippen MR) is 65.2 cm³/mol. The maximum atomic E-state index is 11.4. The lowest BCUT2D eigenvalue weighted by atomic mass is 10.0. The molecule has 100 valence electrons. The molecule has 0 spiro atoms. The Bertz CT molecular complexity index is 505. The van der Waals surface area contributed by atoms with Crippen molar-refractivity contribution in [2.45, 2.75) is 31.1 Å². The number of hydrogen-bond acceptors (Lipinski definition) is 6. The van der Waals surface area contributed by atoms with E-state index >= 15 is 0 Å². The molecule has 3 heterocycles. The lowest BCUT2D eigenvalue weighted by Gasteiger charge is -2.17. The van der Waals surface area contributed by atoms with Crippen molar-refractivity contribution in [3.63, 3.8) is 0 Å². The van der Waals surface area contributed by atoms with Gasteiger partial charge in [-0.25, -0.2) is 8.42 Å². The quantitative estimate of drug-likeness (QED) is 0.840. The summed E-state index contributed by atoms with van der Waals surface area (Å²) in [4.78, 5) is 4.45. The second kappa shape index (κ2) is 4.62. The average Bonchev–Trinajstić information content (AvgIpc) is 2.99. The molecule has 2 aliphatic heterocycles. The zero-order chi connectivity index (χ0) is 12.6. The minimum Gasteiger partial charge on any atom is -0.339 e. The van der Waals surface area contributed by atoms with Gasteiger partial charge in [-0.3, -0.25) is 0 Å². The van der Waals surface area contributed by atoms with Crippen LogP contribution in [0.4, 0.5) is 0 Å². The number of nitrogens with zero attached hydrogens (tertiary/aromatic N) is 2. The molecule has 2 saturated heterocycles. The third-order valence-corrected chi connectivity index (χ3v) is 5.50. The van der Waals surface area contributed by atoms with Gasteiger partial charge in [-0.1, -0.05) is 5.16 Å². The number of hydrogen-bond donors (Lipinski definition) is 1. The van der Waals surface area contributed by atoms with Crippen LogP contribution in [-0.4, -0.2) is 43.2 Å². The Morgan fingerprint density at radius 2 is 1.94 bits per heavy atom. The molecule has 18 heavy (non-hydrogen) atoms. The highest BCUT2D eigenvalue weighted by Gasteiger charge is 2.30. The van der Waals surface area contributed by atoms with Crippen LogP contribution in [0.15, 0.2) is 4.52 Å². The molecule has 1 N–H and O–H groups in total. The molecule has 7 heteroatoms. The molecule has 6 nitrogen and oxygen atoms in total. The lowest BCUT2D eigenvalue weighted by Crippen LogP contribution is -2.22. The first-order valence-electron chi connectivity index (χ1n) is 6.39. The van der Waals surface area contributed by atoms with E-state index in [0.29, 0.717) is 24.7 Å². The number of aromatic nitrogens is 2. The number of rotatable bonds is 2. The zero-order valence-electron chi connectivity index (χ0n) is 10.1. The first-order chi connectivity index (χ1) is 8.64. The molecule has 0 amide bonds. The summed E-state index contributed by atoms with van der Waals surface area (Å²) in [6, 6.07) is 0. The SMILES string of the molecule is O=S1(=O)CCC(c2nc(C3CCNC3)no2)CC1. The Labute approximate surface area is 106 Å². The van der Waals surface area contributed by atoms with Crippen LogP contribution < -0.4 is 5.32 Å². The maximum absolute atomic E-state index is 11.4. The van der Waals surface area contributed by atoms with Crippen LogP contribution in [0.2, 0.25) is 0 Å². The van der Waals surface area contributed by atoms with E-state index in [1.165, 1.54) is 0 Å². The van der Waals surface area contributed by atoms with E-state index in [2.05, 4.69) is 15.5 Å². The molecule has 1 atom stereocenters. The van der Waals surface area contributed by atoms with Gasteiger partial charge in [0.1, 0.15) is 9.84 Å². The van der Waals surface area contributed by atoms with E-state index in [0.717, 1.165) is 25.3 Å². The van der Waals surface area contributed by atoms with Crippen LogP contribution in [0.3, 0.4) is 0 Å². The molecule has 1 aromatic heterocycles. The van der Waals surface area contributed by atoms with Gasteiger partial charge in [0.15, 0.2) is 5.82 Å². The Balaban J connectivity index is 1.70. The maximum Gasteiger partial charge on any atom is 0.229 e. The normalized spacial score (nSPS) is 28.6. The molecule has 0 radical (unpaired) electrons. The molecule has 3 rings (SSSR count). The summed E-state index contributed by atoms with van der Waals surface area (Å²) in [5.74, 6) is 2.31. The fraction of sp³-hybridized carbons (Fsp3) is 0.818. The van der Waals surface area contributed by atoms with Crippen LogP contribution in [0.1, 0.15) is 42.8 Å². The van der Waals surface area contributed by atoms with E-state index in [1.54, 1.807) is 0 Å². The third kappa shape index (κ3) is 2.42. The number of nitrogens with one attached hydrogen (secondary N) is 1. The first-order valence-corrected chi connectivity index (χ1v) is 8.21. The third-order valence-electron chi connectivity index (χ3n) is 3.79. The van der Waals surface area contributed by atoms with Gasteiger partial charge in [0.05, 0.1) is 11.5 Å². The first kappa shape index (κ1) is 12.1. The molecular weight excluding hydrogens is 254 g/mol. The van der Waals surface area contributed by atoms with E-state index in [1.807, 2.05) is 0 Å². The standard InChI is InChI=1S/C11H17N3O3S/c15-18(16)5-2-8(3-6-18)11-13-10(14-17-11)9-1-4-12-7-9/h8-9,12H,1-7H2. The van der Waals surface area contributed by atoms with E-state index in [9.17, 15) is 8.42 Å². The highest BCUT2D eigenvalue weighted by molar-refractivity contribution is 7.91. The highest BCUT2D eigenvalue weighted by Crippen LogP contribution is 2.29. The molecule has 2 fully saturated rings. The van der Waals surface area contributed by atoms with Crippen LogP contribution in [0.25, 0.3) is 0 Å². The second-order valence-corrected chi connectivity index (χ2v) is 7.41. The Hall–Kier alpha value is -0.950. The Morgan fingerprint density at radius 3 is 2.61 bits per heavy atom. The molecule has 1 aromatic rings. The highest BCUT2D eigenvalue weighted by atomic mass is 32.2. The summed E-state index contributed by atoms with van der Waals surface area (Å²) in [5, 5.41) is 7.30. The van der Waals surface area contributed by atoms with Gasteiger partial charge in [-0.15, -0.1) is 0 Å². The largest absolute Gasteiger partial charge is 0.339 e. The van der Waals surface area contributed by atoms with Gasteiger partial charge in [-0.2, -0.15) is 4.98 Å². The predicted octanol–water partition coefficient (Wildman–Crippen LogP) is 0.439. The van der Waals surface area contributed by atoms with Crippen LogP contribution >= 0.6 is 0 Å². The Kier molecular flexibility index (Phi) is 3.11. The summed E-state index contributed by atoms with van der Waals surface area (Å²) >= 11 is 0. The van der Waals surface area contributed by atoms with Crippen molar-refractivity contribution < 1.29 is 12.9 Å². The van der Waals surface area contributed by atoms with Crippen molar-refractivity contribution in [2.75, 3.05) is 24.6 Å². The van der Waals surface area contributed by atoms with E-state index in [4.69, 9.17) is 4.52 Å². The molecule has 0 aliphatic carbocycles.